The molecule has 0 saturated carbocycles. The van der Waals surface area contributed by atoms with Crippen molar-refractivity contribution < 1.29 is 27.8 Å². The lowest BCUT2D eigenvalue weighted by Gasteiger charge is -2.37. The molecule has 2 nitrogen and oxygen atoms in total. The second-order valence-corrected chi connectivity index (χ2v) is 7.38. The summed E-state index contributed by atoms with van der Waals surface area (Å²) >= 11 is 1.54. The minimum absolute atomic E-state index is 0.200. The van der Waals surface area contributed by atoms with E-state index in [2.05, 4.69) is 0 Å². The van der Waals surface area contributed by atoms with Crippen LogP contribution in [0.3, 0.4) is 0 Å². The first-order chi connectivity index (χ1) is 10.0. The van der Waals surface area contributed by atoms with E-state index in [0.29, 0.717) is 12.0 Å². The van der Waals surface area contributed by atoms with Crippen LogP contribution < -0.4 is 0 Å². The predicted molar refractivity (Wildman–Crippen MR) is 76.6 cm³/mol. The van der Waals surface area contributed by atoms with E-state index in [-0.39, 0.29) is 5.56 Å². The molecule has 1 aliphatic rings. The van der Waals surface area contributed by atoms with E-state index in [1.54, 1.807) is 6.07 Å². The lowest BCUT2D eigenvalue weighted by molar-refractivity contribution is -0.277. The quantitative estimate of drug-likeness (QED) is 0.827. The molecule has 1 aliphatic heterocycles. The monoisotopic (exact) mass is 338 g/mol. The van der Waals surface area contributed by atoms with E-state index >= 15 is 0 Å². The Morgan fingerprint density at radius 1 is 1.23 bits per heavy atom. The van der Waals surface area contributed by atoms with Gasteiger partial charge in [0.1, 0.15) is 5.82 Å². The first kappa shape index (κ1) is 17.6. The SMILES string of the molecule is CC(C)(C[C@](O)(CO)C(F)(F)F)c1c(F)ccc2c1CCS2. The van der Waals surface area contributed by atoms with Gasteiger partial charge in [-0.05, 0) is 41.5 Å². The van der Waals surface area contributed by atoms with E-state index in [1.165, 1.54) is 31.7 Å². The summed E-state index contributed by atoms with van der Waals surface area (Å²) in [6.07, 6.45) is -5.21. The van der Waals surface area contributed by atoms with Crippen molar-refractivity contribution in [2.45, 2.75) is 48.8 Å². The molecule has 22 heavy (non-hydrogen) atoms. The highest BCUT2D eigenvalue weighted by molar-refractivity contribution is 7.99. The number of benzene rings is 1. The van der Waals surface area contributed by atoms with Crippen LogP contribution in [0.4, 0.5) is 17.6 Å². The van der Waals surface area contributed by atoms with Crippen LogP contribution >= 0.6 is 11.8 Å². The molecule has 0 aromatic heterocycles. The molecule has 1 atom stereocenters. The standard InChI is InChI=1S/C15H18F4O2S/c1-13(2,7-14(21,8-20)15(17,18)19)12-9-5-6-22-11(9)4-3-10(12)16/h3-4,20-21H,5-8H2,1-2H3/t14-/m0/s1. The Balaban J connectivity index is 2.46. The van der Waals surface area contributed by atoms with E-state index in [1.807, 2.05) is 0 Å². The van der Waals surface area contributed by atoms with Gasteiger partial charge in [0.05, 0.1) is 6.61 Å². The largest absolute Gasteiger partial charge is 0.419 e. The van der Waals surface area contributed by atoms with Crippen molar-refractivity contribution in [2.75, 3.05) is 12.4 Å². The minimum Gasteiger partial charge on any atom is -0.393 e. The van der Waals surface area contributed by atoms with Crippen molar-refractivity contribution >= 4 is 11.8 Å². The van der Waals surface area contributed by atoms with Crippen LogP contribution in [0.1, 0.15) is 31.4 Å². The van der Waals surface area contributed by atoms with E-state index in [4.69, 9.17) is 5.11 Å². The van der Waals surface area contributed by atoms with Gasteiger partial charge in [-0.2, -0.15) is 13.2 Å². The van der Waals surface area contributed by atoms with Gasteiger partial charge < -0.3 is 10.2 Å². The molecule has 7 heteroatoms. The van der Waals surface area contributed by atoms with Crippen LogP contribution in [0, 0.1) is 5.82 Å². The average Bonchev–Trinajstić information content (AvgIpc) is 2.84. The fourth-order valence-electron chi connectivity index (χ4n) is 3.04. The van der Waals surface area contributed by atoms with Crippen molar-refractivity contribution in [3.8, 4) is 0 Å². The Morgan fingerprint density at radius 3 is 2.41 bits per heavy atom. The van der Waals surface area contributed by atoms with Crippen molar-refractivity contribution in [1.82, 2.24) is 0 Å². The molecule has 0 fully saturated rings. The number of aliphatic hydroxyl groups is 2. The molecule has 2 rings (SSSR count). The molecule has 0 amide bonds. The number of hydrogen-bond donors (Lipinski definition) is 2. The molecule has 2 N–H and O–H groups in total. The van der Waals surface area contributed by atoms with Crippen LogP contribution in [0.5, 0.6) is 0 Å². The molecule has 0 saturated heterocycles. The zero-order valence-electron chi connectivity index (χ0n) is 12.3. The number of halogens is 4. The Morgan fingerprint density at radius 2 is 1.86 bits per heavy atom. The highest BCUT2D eigenvalue weighted by Crippen LogP contribution is 2.45. The smallest absolute Gasteiger partial charge is 0.393 e. The van der Waals surface area contributed by atoms with Crippen LogP contribution in [-0.2, 0) is 11.8 Å². The third kappa shape index (κ3) is 2.98. The fourth-order valence-corrected chi connectivity index (χ4v) is 4.11. The highest BCUT2D eigenvalue weighted by Gasteiger charge is 2.56. The van der Waals surface area contributed by atoms with Gasteiger partial charge in [-0.15, -0.1) is 11.8 Å². The maximum atomic E-state index is 14.3. The minimum atomic E-state index is -4.98. The summed E-state index contributed by atoms with van der Waals surface area (Å²) in [4.78, 5) is 0.865. The van der Waals surface area contributed by atoms with E-state index in [0.717, 1.165) is 10.6 Å². The van der Waals surface area contributed by atoms with Crippen molar-refractivity contribution in [3.63, 3.8) is 0 Å². The number of hydrogen-bond acceptors (Lipinski definition) is 3. The Kier molecular flexibility index (Phi) is 4.54. The Labute approximate surface area is 130 Å². The van der Waals surface area contributed by atoms with Gasteiger partial charge in [0.15, 0.2) is 5.60 Å². The molecule has 124 valence electrons. The highest BCUT2D eigenvalue weighted by atomic mass is 32.2. The maximum absolute atomic E-state index is 14.3. The van der Waals surface area contributed by atoms with Crippen LogP contribution in [-0.4, -0.2) is 34.4 Å². The normalized spacial score (nSPS) is 18.2. The van der Waals surface area contributed by atoms with Gasteiger partial charge in [-0.25, -0.2) is 4.39 Å². The molecular formula is C15H18F4O2S. The molecule has 0 spiro atoms. The summed E-state index contributed by atoms with van der Waals surface area (Å²) in [5, 5.41) is 18.8. The molecule has 1 heterocycles. The van der Waals surface area contributed by atoms with Gasteiger partial charge in [0, 0.05) is 10.6 Å². The molecule has 0 aliphatic carbocycles. The second-order valence-electron chi connectivity index (χ2n) is 6.25. The average molecular weight is 338 g/mol. The summed E-state index contributed by atoms with van der Waals surface area (Å²) in [5.41, 5.74) is -3.62. The van der Waals surface area contributed by atoms with Gasteiger partial charge in [0.25, 0.3) is 0 Å². The van der Waals surface area contributed by atoms with Crippen molar-refractivity contribution in [3.05, 3.63) is 29.1 Å². The molecule has 0 unspecified atom stereocenters. The predicted octanol–water partition coefficient (Wildman–Crippen LogP) is 3.43. The van der Waals surface area contributed by atoms with Gasteiger partial charge in [-0.3, -0.25) is 0 Å². The second kappa shape index (κ2) is 5.69. The third-order valence-corrected chi connectivity index (χ3v) is 5.13. The summed E-state index contributed by atoms with van der Waals surface area (Å²) in [6.45, 7) is 1.47. The number of fused-ring (bicyclic) bond motifs is 1. The molecular weight excluding hydrogens is 320 g/mol. The van der Waals surface area contributed by atoms with E-state index < -0.39 is 36.0 Å². The topological polar surface area (TPSA) is 40.5 Å². The van der Waals surface area contributed by atoms with Gasteiger partial charge in [-0.1, -0.05) is 13.8 Å². The number of thioether (sulfide) groups is 1. The molecule has 1 aromatic carbocycles. The zero-order valence-corrected chi connectivity index (χ0v) is 13.1. The lowest BCUT2D eigenvalue weighted by atomic mass is 9.73. The zero-order chi connectivity index (χ0) is 16.8. The molecule has 0 radical (unpaired) electrons. The first-order valence-corrected chi connectivity index (χ1v) is 7.85. The third-order valence-electron chi connectivity index (χ3n) is 4.03. The summed E-state index contributed by atoms with van der Waals surface area (Å²) in [5.74, 6) is 0.180. The van der Waals surface area contributed by atoms with Gasteiger partial charge in [0.2, 0.25) is 0 Å². The molecule has 0 bridgehead atoms. The summed E-state index contributed by atoms with van der Waals surface area (Å²) < 4.78 is 53.3. The first-order valence-electron chi connectivity index (χ1n) is 6.86. The fraction of sp³-hybridized carbons (Fsp3) is 0.600. The summed E-state index contributed by atoms with van der Waals surface area (Å²) in [7, 11) is 0. The number of alkyl halides is 3. The number of aliphatic hydroxyl groups excluding tert-OH is 1. The lowest BCUT2D eigenvalue weighted by Crippen LogP contribution is -2.52. The van der Waals surface area contributed by atoms with Gasteiger partial charge >= 0.3 is 6.18 Å². The van der Waals surface area contributed by atoms with Crippen molar-refractivity contribution in [2.24, 2.45) is 0 Å². The maximum Gasteiger partial charge on any atom is 0.419 e. The Hall–Kier alpha value is -0.790. The van der Waals surface area contributed by atoms with Crippen molar-refractivity contribution in [1.29, 1.82) is 0 Å². The van der Waals surface area contributed by atoms with Crippen LogP contribution in [0.15, 0.2) is 17.0 Å². The van der Waals surface area contributed by atoms with E-state index in [9.17, 15) is 22.7 Å². The van der Waals surface area contributed by atoms with Crippen LogP contribution in [0.2, 0.25) is 0 Å². The van der Waals surface area contributed by atoms with Crippen LogP contribution in [0.25, 0.3) is 0 Å². The Bertz CT molecular complexity index is 571. The molecule has 1 aromatic rings. The number of rotatable bonds is 4. The summed E-state index contributed by atoms with van der Waals surface area (Å²) in [6, 6.07) is 2.88.